The lowest BCUT2D eigenvalue weighted by atomic mass is 9.94. The van der Waals surface area contributed by atoms with E-state index in [9.17, 15) is 10.1 Å². The number of esters is 1. The lowest BCUT2D eigenvalue weighted by Crippen LogP contribution is -2.39. The minimum absolute atomic E-state index is 0.0268. The highest BCUT2D eigenvalue weighted by atomic mass is 16.5. The summed E-state index contributed by atoms with van der Waals surface area (Å²) in [5, 5.41) is 12.6. The molecule has 0 aromatic heterocycles. The molecule has 0 amide bonds. The molecular formula is C16H20N2O2. The van der Waals surface area contributed by atoms with Crippen LogP contribution in [0, 0.1) is 23.2 Å². The Kier molecular flexibility index (Phi) is 5.14. The van der Waals surface area contributed by atoms with Crippen LogP contribution < -0.4 is 5.32 Å². The summed E-state index contributed by atoms with van der Waals surface area (Å²) < 4.78 is 5.11. The maximum Gasteiger partial charge on any atom is 0.311 e. The van der Waals surface area contributed by atoms with E-state index in [1.54, 1.807) is 6.92 Å². The zero-order valence-electron chi connectivity index (χ0n) is 11.7. The minimum atomic E-state index is -0.344. The van der Waals surface area contributed by atoms with Crippen LogP contribution in [0.25, 0.3) is 0 Å². The predicted molar refractivity (Wildman–Crippen MR) is 75.5 cm³/mol. The van der Waals surface area contributed by atoms with Crippen molar-refractivity contribution < 1.29 is 9.53 Å². The van der Waals surface area contributed by atoms with Crippen LogP contribution in [0.5, 0.6) is 0 Å². The Morgan fingerprint density at radius 2 is 2.15 bits per heavy atom. The average Bonchev–Trinajstić information content (AvgIpc) is 2.89. The van der Waals surface area contributed by atoms with Crippen LogP contribution in [-0.4, -0.2) is 18.6 Å². The van der Waals surface area contributed by atoms with Crippen molar-refractivity contribution in [3.05, 3.63) is 35.9 Å². The largest absolute Gasteiger partial charge is 0.466 e. The van der Waals surface area contributed by atoms with Gasteiger partial charge in [-0.25, -0.2) is 0 Å². The maximum absolute atomic E-state index is 12.0. The molecular weight excluding hydrogens is 252 g/mol. The van der Waals surface area contributed by atoms with Gasteiger partial charge in [-0.2, -0.15) is 5.26 Å². The van der Waals surface area contributed by atoms with Gasteiger partial charge in [-0.05, 0) is 25.3 Å². The molecule has 0 aliphatic heterocycles. The lowest BCUT2D eigenvalue weighted by Gasteiger charge is -2.21. The van der Waals surface area contributed by atoms with E-state index in [-0.39, 0.29) is 23.8 Å². The van der Waals surface area contributed by atoms with Crippen molar-refractivity contribution in [2.24, 2.45) is 11.8 Å². The zero-order valence-corrected chi connectivity index (χ0v) is 11.7. The first-order valence-electron chi connectivity index (χ1n) is 7.09. The van der Waals surface area contributed by atoms with Crippen LogP contribution in [0.15, 0.2) is 30.3 Å². The van der Waals surface area contributed by atoms with Crippen LogP contribution in [0.2, 0.25) is 0 Å². The number of hydrogen-bond acceptors (Lipinski definition) is 4. The second kappa shape index (κ2) is 7.06. The van der Waals surface area contributed by atoms with Crippen molar-refractivity contribution in [3.8, 4) is 6.07 Å². The first-order chi connectivity index (χ1) is 9.76. The number of hydrogen-bond donors (Lipinski definition) is 1. The molecule has 0 saturated heterocycles. The van der Waals surface area contributed by atoms with Crippen LogP contribution in [0.4, 0.5) is 0 Å². The van der Waals surface area contributed by atoms with E-state index in [2.05, 4.69) is 11.4 Å². The van der Waals surface area contributed by atoms with Gasteiger partial charge in [0, 0.05) is 12.6 Å². The van der Waals surface area contributed by atoms with Crippen LogP contribution in [-0.2, 0) is 16.1 Å². The molecule has 20 heavy (non-hydrogen) atoms. The quantitative estimate of drug-likeness (QED) is 0.835. The highest BCUT2D eigenvalue weighted by Crippen LogP contribution is 2.33. The molecule has 1 saturated carbocycles. The van der Waals surface area contributed by atoms with E-state index in [1.807, 2.05) is 30.3 Å². The second-order valence-corrected chi connectivity index (χ2v) is 5.06. The van der Waals surface area contributed by atoms with E-state index in [0.29, 0.717) is 13.2 Å². The normalized spacial score (nSPS) is 25.1. The third-order valence-corrected chi connectivity index (χ3v) is 3.79. The highest BCUT2D eigenvalue weighted by molar-refractivity contribution is 5.74. The molecule has 0 spiro atoms. The molecule has 4 nitrogen and oxygen atoms in total. The standard InChI is InChI=1S/C16H20N2O2/c1-2-20-16(19)15-13(10-17)8-9-14(15)18-11-12-6-4-3-5-7-12/h3-7,13-15,18H,2,8-9,11H2,1H3/t13-,14-,15-/m1/s1. The Labute approximate surface area is 119 Å². The molecule has 0 unspecified atom stereocenters. The molecule has 0 heterocycles. The molecule has 1 aliphatic carbocycles. The van der Waals surface area contributed by atoms with E-state index < -0.39 is 0 Å². The Balaban J connectivity index is 1.99. The Morgan fingerprint density at radius 1 is 1.40 bits per heavy atom. The van der Waals surface area contributed by atoms with Gasteiger partial charge in [0.15, 0.2) is 0 Å². The summed E-state index contributed by atoms with van der Waals surface area (Å²) in [4.78, 5) is 12.0. The van der Waals surface area contributed by atoms with Gasteiger partial charge in [-0.15, -0.1) is 0 Å². The first kappa shape index (κ1) is 14.5. The fraction of sp³-hybridized carbons (Fsp3) is 0.500. The summed E-state index contributed by atoms with van der Waals surface area (Å²) in [6.45, 7) is 2.86. The minimum Gasteiger partial charge on any atom is -0.466 e. The van der Waals surface area contributed by atoms with Gasteiger partial charge in [0.05, 0.1) is 24.5 Å². The number of carbonyl (C=O) groups is 1. The van der Waals surface area contributed by atoms with Gasteiger partial charge in [-0.1, -0.05) is 30.3 Å². The van der Waals surface area contributed by atoms with Crippen molar-refractivity contribution in [1.82, 2.24) is 5.32 Å². The number of nitrogens with zero attached hydrogens (tertiary/aromatic N) is 1. The maximum atomic E-state index is 12.0. The number of ether oxygens (including phenoxy) is 1. The Hall–Kier alpha value is -1.86. The molecule has 106 valence electrons. The summed E-state index contributed by atoms with van der Waals surface area (Å²) in [6.07, 6.45) is 1.60. The third-order valence-electron chi connectivity index (χ3n) is 3.79. The monoisotopic (exact) mass is 272 g/mol. The predicted octanol–water partition coefficient (Wildman–Crippen LogP) is 2.26. The Bertz CT molecular complexity index is 481. The van der Waals surface area contributed by atoms with E-state index in [4.69, 9.17) is 4.74 Å². The molecule has 1 aromatic carbocycles. The van der Waals surface area contributed by atoms with Crippen LogP contribution in [0.1, 0.15) is 25.3 Å². The molecule has 1 fully saturated rings. The summed E-state index contributed by atoms with van der Waals surface area (Å²) >= 11 is 0. The van der Waals surface area contributed by atoms with Crippen molar-refractivity contribution >= 4 is 5.97 Å². The molecule has 1 aromatic rings. The number of carbonyl (C=O) groups excluding carboxylic acids is 1. The molecule has 1 aliphatic rings. The number of rotatable bonds is 5. The smallest absolute Gasteiger partial charge is 0.311 e. The third kappa shape index (κ3) is 3.37. The average molecular weight is 272 g/mol. The van der Waals surface area contributed by atoms with Gasteiger partial charge in [-0.3, -0.25) is 4.79 Å². The molecule has 1 N–H and O–H groups in total. The molecule has 3 atom stereocenters. The van der Waals surface area contributed by atoms with Crippen molar-refractivity contribution in [2.75, 3.05) is 6.61 Å². The summed E-state index contributed by atoms with van der Waals surface area (Å²) in [5.74, 6) is -0.826. The van der Waals surface area contributed by atoms with E-state index in [0.717, 1.165) is 12.8 Å². The topological polar surface area (TPSA) is 62.1 Å². The van der Waals surface area contributed by atoms with Gasteiger partial charge in [0.25, 0.3) is 0 Å². The molecule has 4 heteroatoms. The first-order valence-corrected chi connectivity index (χ1v) is 7.09. The zero-order chi connectivity index (χ0) is 14.4. The van der Waals surface area contributed by atoms with Crippen LogP contribution >= 0.6 is 0 Å². The van der Waals surface area contributed by atoms with Crippen molar-refractivity contribution in [2.45, 2.75) is 32.4 Å². The van der Waals surface area contributed by atoms with Gasteiger partial charge >= 0.3 is 5.97 Å². The number of benzene rings is 1. The fourth-order valence-electron chi connectivity index (χ4n) is 2.78. The van der Waals surface area contributed by atoms with Crippen molar-refractivity contribution in [1.29, 1.82) is 5.26 Å². The van der Waals surface area contributed by atoms with E-state index in [1.165, 1.54) is 5.56 Å². The van der Waals surface area contributed by atoms with Crippen LogP contribution in [0.3, 0.4) is 0 Å². The lowest BCUT2D eigenvalue weighted by molar-refractivity contribution is -0.149. The number of nitriles is 1. The highest BCUT2D eigenvalue weighted by Gasteiger charge is 2.41. The summed E-state index contributed by atoms with van der Waals surface area (Å²) in [7, 11) is 0. The molecule has 0 bridgehead atoms. The van der Waals surface area contributed by atoms with Crippen molar-refractivity contribution in [3.63, 3.8) is 0 Å². The van der Waals surface area contributed by atoms with Gasteiger partial charge in [0.2, 0.25) is 0 Å². The second-order valence-electron chi connectivity index (χ2n) is 5.06. The Morgan fingerprint density at radius 3 is 2.80 bits per heavy atom. The molecule has 2 rings (SSSR count). The SMILES string of the molecule is CCOC(=O)[C@@H]1[C@@H](C#N)CC[C@H]1NCc1ccccc1. The summed E-state index contributed by atoms with van der Waals surface area (Å²) in [5.41, 5.74) is 1.18. The molecule has 0 radical (unpaired) electrons. The summed E-state index contributed by atoms with van der Waals surface area (Å²) in [6, 6.07) is 12.3. The van der Waals surface area contributed by atoms with E-state index >= 15 is 0 Å². The number of nitrogens with one attached hydrogen (secondary N) is 1. The van der Waals surface area contributed by atoms with Gasteiger partial charge < -0.3 is 10.1 Å². The van der Waals surface area contributed by atoms with Gasteiger partial charge in [0.1, 0.15) is 0 Å². The fourth-order valence-corrected chi connectivity index (χ4v) is 2.78.